The van der Waals surface area contributed by atoms with E-state index in [1.165, 1.54) is 16.3 Å². The largest absolute Gasteiger partial charge is 0.380 e. The molecule has 1 saturated carbocycles. The molecule has 1 fully saturated rings. The van der Waals surface area contributed by atoms with Crippen molar-refractivity contribution >= 4 is 10.8 Å². The van der Waals surface area contributed by atoms with Crippen molar-refractivity contribution in [1.29, 1.82) is 0 Å². The van der Waals surface area contributed by atoms with Crippen LogP contribution in [-0.4, -0.2) is 34.1 Å². The van der Waals surface area contributed by atoms with E-state index in [1.54, 1.807) is 18.1 Å². The van der Waals surface area contributed by atoms with Gasteiger partial charge in [-0.2, -0.15) is 5.10 Å². The Hall–Kier alpha value is -2.24. The van der Waals surface area contributed by atoms with E-state index in [2.05, 4.69) is 66.4 Å². The molecule has 2 aromatic carbocycles. The van der Waals surface area contributed by atoms with Crippen LogP contribution in [0.1, 0.15) is 44.0 Å². The van der Waals surface area contributed by atoms with Crippen LogP contribution in [0.25, 0.3) is 10.8 Å². The zero-order valence-corrected chi connectivity index (χ0v) is 17.1. The molecular formula is C23H29N3O2. The predicted molar refractivity (Wildman–Crippen MR) is 110 cm³/mol. The Bertz CT molecular complexity index is 944. The fourth-order valence-corrected chi connectivity index (χ4v) is 4.60. The first-order valence-electron chi connectivity index (χ1n) is 9.96. The number of ether oxygens (including phenoxy) is 2. The van der Waals surface area contributed by atoms with Crippen molar-refractivity contribution in [3.8, 4) is 0 Å². The molecule has 1 aromatic heterocycles. The summed E-state index contributed by atoms with van der Waals surface area (Å²) in [5.41, 5.74) is 1.27. The number of hydrogen-bond donors (Lipinski definition) is 0. The van der Waals surface area contributed by atoms with E-state index in [9.17, 15) is 0 Å². The van der Waals surface area contributed by atoms with Crippen molar-refractivity contribution in [3.05, 3.63) is 60.2 Å². The maximum atomic E-state index is 6.51. The summed E-state index contributed by atoms with van der Waals surface area (Å²) in [6, 6.07) is 14.8. The second-order valence-corrected chi connectivity index (χ2v) is 8.47. The number of fused-ring (bicyclic) bond motifs is 1. The van der Waals surface area contributed by atoms with Crippen LogP contribution in [0.4, 0.5) is 0 Å². The third kappa shape index (κ3) is 3.56. The van der Waals surface area contributed by atoms with Crippen LogP contribution in [0.5, 0.6) is 0 Å². The number of benzene rings is 2. The summed E-state index contributed by atoms with van der Waals surface area (Å²) in [4.78, 5) is 4.55. The van der Waals surface area contributed by atoms with Crippen molar-refractivity contribution in [2.75, 3.05) is 7.11 Å². The van der Waals surface area contributed by atoms with Gasteiger partial charge in [0.05, 0.1) is 24.7 Å². The Morgan fingerprint density at radius 2 is 1.93 bits per heavy atom. The van der Waals surface area contributed by atoms with Crippen LogP contribution < -0.4 is 0 Å². The Labute approximate surface area is 166 Å². The van der Waals surface area contributed by atoms with Gasteiger partial charge in [0.15, 0.2) is 5.82 Å². The van der Waals surface area contributed by atoms with Gasteiger partial charge in [0.2, 0.25) is 0 Å². The first kappa shape index (κ1) is 19.1. The average Bonchev–Trinajstić information content (AvgIpc) is 3.12. The second-order valence-electron chi connectivity index (χ2n) is 8.47. The highest BCUT2D eigenvalue weighted by Gasteiger charge is 2.47. The van der Waals surface area contributed by atoms with Gasteiger partial charge in [0.1, 0.15) is 6.33 Å². The monoisotopic (exact) mass is 379 g/mol. The van der Waals surface area contributed by atoms with Crippen molar-refractivity contribution in [3.63, 3.8) is 0 Å². The molecule has 0 N–H and O–H groups in total. The summed E-state index contributed by atoms with van der Waals surface area (Å²) in [7, 11) is 3.69. The molecule has 3 atom stereocenters. The number of aromatic nitrogens is 3. The van der Waals surface area contributed by atoms with E-state index in [4.69, 9.17) is 9.47 Å². The third-order valence-corrected chi connectivity index (χ3v) is 6.07. The fourth-order valence-electron chi connectivity index (χ4n) is 4.60. The average molecular weight is 380 g/mol. The van der Waals surface area contributed by atoms with Gasteiger partial charge < -0.3 is 9.47 Å². The number of aryl methyl sites for hydroxylation is 1. The summed E-state index contributed by atoms with van der Waals surface area (Å²) in [6.45, 7) is 5.10. The van der Waals surface area contributed by atoms with Crippen LogP contribution >= 0.6 is 0 Å². The molecule has 148 valence electrons. The number of methoxy groups -OCH3 is 1. The molecule has 28 heavy (non-hydrogen) atoms. The van der Waals surface area contributed by atoms with Gasteiger partial charge in [-0.05, 0) is 34.6 Å². The molecule has 3 unspecified atom stereocenters. The van der Waals surface area contributed by atoms with Crippen LogP contribution in [0.3, 0.4) is 0 Å². The number of nitrogens with zero attached hydrogens (tertiary/aromatic N) is 3. The van der Waals surface area contributed by atoms with Gasteiger partial charge in [-0.1, -0.05) is 56.3 Å². The second kappa shape index (κ2) is 7.64. The maximum absolute atomic E-state index is 6.51. The number of rotatable bonds is 5. The van der Waals surface area contributed by atoms with E-state index >= 15 is 0 Å². The molecule has 0 saturated heterocycles. The minimum Gasteiger partial charge on any atom is -0.380 e. The zero-order valence-electron chi connectivity index (χ0n) is 17.1. The highest BCUT2D eigenvalue weighted by Crippen LogP contribution is 2.46. The van der Waals surface area contributed by atoms with E-state index in [0.717, 1.165) is 18.7 Å². The first-order chi connectivity index (χ1) is 13.5. The molecule has 5 heteroatoms. The lowest BCUT2D eigenvalue weighted by atomic mass is 9.68. The van der Waals surface area contributed by atoms with Crippen LogP contribution in [-0.2, 0) is 23.1 Å². The number of hydrogen-bond acceptors (Lipinski definition) is 4. The lowest BCUT2D eigenvalue weighted by Gasteiger charge is -2.45. The highest BCUT2D eigenvalue weighted by atomic mass is 16.5. The van der Waals surface area contributed by atoms with Crippen molar-refractivity contribution < 1.29 is 9.47 Å². The molecule has 0 aliphatic heterocycles. The Kier molecular flexibility index (Phi) is 5.21. The first-order valence-corrected chi connectivity index (χ1v) is 9.96. The Morgan fingerprint density at radius 1 is 1.14 bits per heavy atom. The molecule has 0 radical (unpaired) electrons. The molecule has 1 aliphatic rings. The molecule has 3 aromatic rings. The van der Waals surface area contributed by atoms with Crippen molar-refractivity contribution in [2.24, 2.45) is 12.5 Å². The third-order valence-electron chi connectivity index (χ3n) is 6.07. The minimum absolute atomic E-state index is 0.0150. The maximum Gasteiger partial charge on any atom is 0.158 e. The molecule has 0 spiro atoms. The summed E-state index contributed by atoms with van der Waals surface area (Å²) in [6.07, 6.45) is 3.82. The van der Waals surface area contributed by atoms with Crippen LogP contribution in [0, 0.1) is 5.41 Å². The smallest absolute Gasteiger partial charge is 0.158 e. The zero-order chi connectivity index (χ0) is 19.7. The normalized spacial score (nSPS) is 24.5. The Balaban J connectivity index is 1.61. The van der Waals surface area contributed by atoms with E-state index in [0.29, 0.717) is 6.61 Å². The topological polar surface area (TPSA) is 49.2 Å². The van der Waals surface area contributed by atoms with Crippen molar-refractivity contribution in [2.45, 2.75) is 51.4 Å². The summed E-state index contributed by atoms with van der Waals surface area (Å²) in [5, 5.41) is 7.09. The predicted octanol–water partition coefficient (Wildman–Crippen LogP) is 4.47. The van der Waals surface area contributed by atoms with Gasteiger partial charge in [-0.3, -0.25) is 4.68 Å². The summed E-state index contributed by atoms with van der Waals surface area (Å²) in [5.74, 6) is 0.829. The van der Waals surface area contributed by atoms with E-state index < -0.39 is 0 Å². The molecular weight excluding hydrogens is 350 g/mol. The lowest BCUT2D eigenvalue weighted by Crippen LogP contribution is -2.47. The van der Waals surface area contributed by atoms with Gasteiger partial charge >= 0.3 is 0 Å². The van der Waals surface area contributed by atoms with Gasteiger partial charge in [0, 0.05) is 14.2 Å². The van der Waals surface area contributed by atoms with Gasteiger partial charge in [-0.15, -0.1) is 0 Å². The SMILES string of the molecule is COC1C(c2ncn(C)n2)C(OCc2cccc3ccccc23)CCC1(C)C. The van der Waals surface area contributed by atoms with Crippen LogP contribution in [0.15, 0.2) is 48.8 Å². The van der Waals surface area contributed by atoms with Gasteiger partial charge in [-0.25, -0.2) is 4.98 Å². The minimum atomic E-state index is 0.0150. The molecule has 4 rings (SSSR count). The van der Waals surface area contributed by atoms with E-state index in [1.807, 2.05) is 7.05 Å². The Morgan fingerprint density at radius 3 is 2.68 bits per heavy atom. The quantitative estimate of drug-likeness (QED) is 0.656. The molecule has 1 aliphatic carbocycles. The molecule has 5 nitrogen and oxygen atoms in total. The van der Waals surface area contributed by atoms with E-state index in [-0.39, 0.29) is 23.5 Å². The van der Waals surface area contributed by atoms with Crippen molar-refractivity contribution in [1.82, 2.24) is 14.8 Å². The highest BCUT2D eigenvalue weighted by molar-refractivity contribution is 5.85. The van der Waals surface area contributed by atoms with Crippen LogP contribution in [0.2, 0.25) is 0 Å². The standard InChI is InChI=1S/C23H29N3O2/c1-23(2)13-12-19(20(21(23)27-4)22-24-15-26(3)25-22)28-14-17-10-7-9-16-8-5-6-11-18(16)17/h5-11,15,19-21H,12-14H2,1-4H3. The van der Waals surface area contributed by atoms with Gasteiger partial charge in [0.25, 0.3) is 0 Å². The molecule has 0 amide bonds. The lowest BCUT2D eigenvalue weighted by molar-refractivity contribution is -0.110. The summed E-state index contributed by atoms with van der Waals surface area (Å²) >= 11 is 0. The summed E-state index contributed by atoms with van der Waals surface area (Å²) < 4.78 is 14.2. The molecule has 0 bridgehead atoms. The fraction of sp³-hybridized carbons (Fsp3) is 0.478. The molecule has 1 heterocycles.